The van der Waals surface area contributed by atoms with E-state index >= 15 is 0 Å². The lowest BCUT2D eigenvalue weighted by molar-refractivity contribution is -0.135. The molecular weight excluding hydrogens is 266 g/mol. The fourth-order valence-corrected chi connectivity index (χ4v) is 2.77. The molecule has 1 aliphatic rings. The molecule has 0 radical (unpaired) electrons. The quantitative estimate of drug-likeness (QED) is 0.867. The highest BCUT2D eigenvalue weighted by Gasteiger charge is 2.19. The predicted octanol–water partition coefficient (Wildman–Crippen LogP) is 1.65. The Bertz CT molecular complexity index is 450. The summed E-state index contributed by atoms with van der Waals surface area (Å²) in [4.78, 5) is 14.1. The van der Waals surface area contributed by atoms with Crippen LogP contribution in [0.2, 0.25) is 0 Å². The minimum Gasteiger partial charge on any atom is -0.378 e. The molecule has 0 saturated carbocycles. The first-order valence-electron chi connectivity index (χ1n) is 7.86. The van der Waals surface area contributed by atoms with Crippen molar-refractivity contribution < 1.29 is 9.53 Å². The van der Waals surface area contributed by atoms with Gasteiger partial charge in [0.25, 0.3) is 0 Å². The van der Waals surface area contributed by atoms with Crippen LogP contribution in [0.4, 0.5) is 0 Å². The zero-order valence-electron chi connectivity index (χ0n) is 13.3. The van der Waals surface area contributed by atoms with Gasteiger partial charge in [0.15, 0.2) is 0 Å². The zero-order chi connectivity index (χ0) is 15.2. The van der Waals surface area contributed by atoms with Crippen molar-refractivity contribution in [3.63, 3.8) is 0 Å². The van der Waals surface area contributed by atoms with Gasteiger partial charge in [-0.15, -0.1) is 0 Å². The second kappa shape index (κ2) is 7.61. The third kappa shape index (κ3) is 4.32. The summed E-state index contributed by atoms with van der Waals surface area (Å²) in [6, 6.07) is 2.45. The summed E-state index contributed by atoms with van der Waals surface area (Å²) in [7, 11) is 0. The van der Waals surface area contributed by atoms with E-state index in [9.17, 15) is 4.79 Å². The molecule has 0 aliphatic carbocycles. The van der Waals surface area contributed by atoms with Gasteiger partial charge >= 0.3 is 0 Å². The SMILES string of the molecule is CCNC(c1ccn(CC(=O)N2CCOCC2)c1)C(C)C. The van der Waals surface area contributed by atoms with Crippen LogP contribution >= 0.6 is 0 Å². The number of hydrogen-bond acceptors (Lipinski definition) is 3. The van der Waals surface area contributed by atoms with E-state index in [1.54, 1.807) is 0 Å². The number of ether oxygens (including phenoxy) is 1. The molecule has 21 heavy (non-hydrogen) atoms. The lowest BCUT2D eigenvalue weighted by Gasteiger charge is -2.27. The molecule has 0 spiro atoms. The van der Waals surface area contributed by atoms with Gasteiger partial charge in [0.05, 0.1) is 13.2 Å². The Kier molecular flexibility index (Phi) is 5.82. The average Bonchev–Trinajstić information content (AvgIpc) is 2.93. The molecule has 1 fully saturated rings. The highest BCUT2D eigenvalue weighted by atomic mass is 16.5. The van der Waals surface area contributed by atoms with E-state index in [1.807, 2.05) is 15.7 Å². The maximum absolute atomic E-state index is 12.2. The number of carbonyl (C=O) groups is 1. The van der Waals surface area contributed by atoms with E-state index in [0.717, 1.165) is 6.54 Å². The molecule has 1 N–H and O–H groups in total. The second-order valence-corrected chi connectivity index (χ2v) is 5.89. The van der Waals surface area contributed by atoms with Crippen molar-refractivity contribution in [2.45, 2.75) is 33.4 Å². The Balaban J connectivity index is 1.97. The summed E-state index contributed by atoms with van der Waals surface area (Å²) in [6.45, 7) is 10.6. The minimum atomic E-state index is 0.171. The van der Waals surface area contributed by atoms with Crippen molar-refractivity contribution in [2.75, 3.05) is 32.8 Å². The Morgan fingerprint density at radius 3 is 2.71 bits per heavy atom. The lowest BCUT2D eigenvalue weighted by atomic mass is 9.98. The number of aromatic nitrogens is 1. The minimum absolute atomic E-state index is 0.171. The van der Waals surface area contributed by atoms with E-state index < -0.39 is 0 Å². The normalized spacial score (nSPS) is 17.2. The Hall–Kier alpha value is -1.33. The van der Waals surface area contributed by atoms with Crippen LogP contribution in [0, 0.1) is 5.92 Å². The molecule has 1 aromatic rings. The van der Waals surface area contributed by atoms with Crippen molar-refractivity contribution in [3.05, 3.63) is 24.0 Å². The Labute approximate surface area is 127 Å². The van der Waals surface area contributed by atoms with Gasteiger partial charge < -0.3 is 19.5 Å². The van der Waals surface area contributed by atoms with Crippen LogP contribution in [0.3, 0.4) is 0 Å². The standard InChI is InChI=1S/C16H27N3O2/c1-4-17-16(13(2)3)14-5-6-18(11-14)12-15(20)19-7-9-21-10-8-19/h5-6,11,13,16-17H,4,7-10,12H2,1-3H3. The number of morpholine rings is 1. The number of carbonyl (C=O) groups excluding carboxylic acids is 1. The van der Waals surface area contributed by atoms with Gasteiger partial charge in [-0.25, -0.2) is 0 Å². The van der Waals surface area contributed by atoms with Gasteiger partial charge in [0.2, 0.25) is 5.91 Å². The number of hydrogen-bond donors (Lipinski definition) is 1. The maximum Gasteiger partial charge on any atom is 0.242 e. The Morgan fingerprint density at radius 1 is 1.38 bits per heavy atom. The van der Waals surface area contributed by atoms with Gasteiger partial charge in [-0.05, 0) is 24.1 Å². The van der Waals surface area contributed by atoms with Gasteiger partial charge in [0, 0.05) is 31.5 Å². The molecule has 2 heterocycles. The van der Waals surface area contributed by atoms with Crippen molar-refractivity contribution in [2.24, 2.45) is 5.92 Å². The van der Waals surface area contributed by atoms with Crippen molar-refractivity contribution in [1.29, 1.82) is 0 Å². The fraction of sp³-hybridized carbons (Fsp3) is 0.688. The maximum atomic E-state index is 12.2. The third-order valence-electron chi connectivity index (χ3n) is 3.90. The monoisotopic (exact) mass is 293 g/mol. The van der Waals surface area contributed by atoms with Crippen LogP contribution in [0.1, 0.15) is 32.4 Å². The number of rotatable bonds is 6. The van der Waals surface area contributed by atoms with Crippen LogP contribution < -0.4 is 5.32 Å². The van der Waals surface area contributed by atoms with Crippen LogP contribution in [0.5, 0.6) is 0 Å². The topological polar surface area (TPSA) is 46.5 Å². The summed E-state index contributed by atoms with van der Waals surface area (Å²) in [5, 5.41) is 3.50. The Morgan fingerprint density at radius 2 is 2.10 bits per heavy atom. The van der Waals surface area contributed by atoms with Crippen LogP contribution in [-0.2, 0) is 16.1 Å². The molecule has 1 atom stereocenters. The molecule has 2 rings (SSSR count). The molecule has 1 saturated heterocycles. The van der Waals surface area contributed by atoms with E-state index in [4.69, 9.17) is 4.74 Å². The van der Waals surface area contributed by atoms with E-state index in [0.29, 0.717) is 44.8 Å². The summed E-state index contributed by atoms with van der Waals surface area (Å²) in [5.41, 5.74) is 1.25. The molecule has 1 aromatic heterocycles. The second-order valence-electron chi connectivity index (χ2n) is 5.89. The number of nitrogens with zero attached hydrogens (tertiary/aromatic N) is 2. The zero-order valence-corrected chi connectivity index (χ0v) is 13.3. The molecule has 1 aliphatic heterocycles. The fourth-order valence-electron chi connectivity index (χ4n) is 2.77. The third-order valence-corrected chi connectivity index (χ3v) is 3.90. The summed E-state index contributed by atoms with van der Waals surface area (Å²) >= 11 is 0. The highest BCUT2D eigenvalue weighted by molar-refractivity contribution is 5.76. The predicted molar refractivity (Wildman–Crippen MR) is 83.1 cm³/mol. The highest BCUT2D eigenvalue weighted by Crippen LogP contribution is 2.21. The lowest BCUT2D eigenvalue weighted by Crippen LogP contribution is -2.42. The molecule has 1 unspecified atom stereocenters. The molecule has 1 amide bonds. The largest absolute Gasteiger partial charge is 0.378 e. The van der Waals surface area contributed by atoms with Crippen molar-refractivity contribution in [3.8, 4) is 0 Å². The van der Waals surface area contributed by atoms with Crippen LogP contribution in [-0.4, -0.2) is 48.2 Å². The van der Waals surface area contributed by atoms with Gasteiger partial charge in [0.1, 0.15) is 6.54 Å². The first-order chi connectivity index (χ1) is 10.1. The first-order valence-corrected chi connectivity index (χ1v) is 7.86. The molecule has 0 aromatic carbocycles. The number of amides is 1. The van der Waals surface area contributed by atoms with Crippen LogP contribution in [0.15, 0.2) is 18.5 Å². The summed E-state index contributed by atoms with van der Waals surface area (Å²) in [6.07, 6.45) is 4.09. The van der Waals surface area contributed by atoms with Gasteiger partial charge in [-0.2, -0.15) is 0 Å². The van der Waals surface area contributed by atoms with Gasteiger partial charge in [-0.3, -0.25) is 4.79 Å². The molecule has 0 bridgehead atoms. The summed E-state index contributed by atoms with van der Waals surface area (Å²) in [5.74, 6) is 0.695. The smallest absolute Gasteiger partial charge is 0.242 e. The number of nitrogens with one attached hydrogen (secondary N) is 1. The summed E-state index contributed by atoms with van der Waals surface area (Å²) < 4.78 is 7.27. The molecule has 118 valence electrons. The van der Waals surface area contributed by atoms with Crippen LogP contribution in [0.25, 0.3) is 0 Å². The molecular formula is C16H27N3O2. The van der Waals surface area contributed by atoms with Crippen molar-refractivity contribution >= 4 is 5.91 Å². The molecule has 5 nitrogen and oxygen atoms in total. The van der Waals surface area contributed by atoms with Gasteiger partial charge in [-0.1, -0.05) is 20.8 Å². The molecule has 5 heteroatoms. The van der Waals surface area contributed by atoms with E-state index in [1.165, 1.54) is 5.56 Å². The van der Waals surface area contributed by atoms with E-state index in [-0.39, 0.29) is 5.91 Å². The van der Waals surface area contributed by atoms with E-state index in [2.05, 4.69) is 38.4 Å². The van der Waals surface area contributed by atoms with Crippen molar-refractivity contribution in [1.82, 2.24) is 14.8 Å². The average molecular weight is 293 g/mol. The first kappa shape index (κ1) is 16.0.